The highest BCUT2D eigenvalue weighted by atomic mass is 14.7. The molecule has 0 aliphatic carbocycles. The molecule has 0 aromatic heterocycles. The van der Waals surface area contributed by atoms with Crippen LogP contribution in [0.15, 0.2) is 41.1 Å². The quantitative estimate of drug-likeness (QED) is 0.432. The maximum absolute atomic E-state index is 4.15. The summed E-state index contributed by atoms with van der Waals surface area (Å²) in [6.45, 7) is 5.88. The van der Waals surface area contributed by atoms with Crippen LogP contribution in [0.3, 0.4) is 0 Å². The Morgan fingerprint density at radius 1 is 1.09 bits per heavy atom. The van der Waals surface area contributed by atoms with Crippen molar-refractivity contribution in [2.75, 3.05) is 0 Å². The van der Waals surface area contributed by atoms with Gasteiger partial charge in [-0.2, -0.15) is 0 Å². The molecule has 0 unspecified atom stereocenters. The molecular weight excluding hydrogens is 134 g/mol. The van der Waals surface area contributed by atoms with Crippen molar-refractivity contribution < 1.29 is 0 Å². The fourth-order valence-electron chi connectivity index (χ4n) is 0.656. The van der Waals surface area contributed by atoms with Crippen LogP contribution in [0.1, 0.15) is 20.8 Å². The highest BCUT2D eigenvalue weighted by Crippen LogP contribution is 1.98. The first-order valence-corrected chi connectivity index (χ1v) is 3.79. The summed E-state index contributed by atoms with van der Waals surface area (Å²) in [6, 6.07) is 0. The van der Waals surface area contributed by atoms with E-state index in [2.05, 4.69) is 4.99 Å². The molecule has 0 rings (SSSR count). The summed E-state index contributed by atoms with van der Waals surface area (Å²) in [4.78, 5) is 4.15. The van der Waals surface area contributed by atoms with Gasteiger partial charge in [-0.1, -0.05) is 18.2 Å². The molecule has 0 aliphatic rings. The van der Waals surface area contributed by atoms with E-state index in [0.29, 0.717) is 0 Å². The topological polar surface area (TPSA) is 12.4 Å². The van der Waals surface area contributed by atoms with Crippen molar-refractivity contribution in [3.05, 3.63) is 36.1 Å². The molecule has 0 spiro atoms. The molecule has 0 atom stereocenters. The largest absolute Gasteiger partial charge is 0.262 e. The van der Waals surface area contributed by atoms with Gasteiger partial charge in [0.05, 0.1) is 5.70 Å². The standard InChI is InChI=1S/C10H15N/c1-4-7-9-10(8-5-2)11-6-3/h4-9H,1-3H3/b7-4-,8-5-,10-9+,11-6?. The first kappa shape index (κ1) is 9.89. The normalized spacial score (nSPS) is 14.3. The maximum Gasteiger partial charge on any atom is 0.0622 e. The average molecular weight is 149 g/mol. The molecule has 0 aromatic carbocycles. The lowest BCUT2D eigenvalue weighted by molar-refractivity contribution is 1.40. The van der Waals surface area contributed by atoms with E-state index in [9.17, 15) is 0 Å². The van der Waals surface area contributed by atoms with E-state index in [1.807, 2.05) is 51.2 Å². The molecule has 60 valence electrons. The number of hydrogen-bond acceptors (Lipinski definition) is 1. The summed E-state index contributed by atoms with van der Waals surface area (Å²) in [6.07, 6.45) is 11.7. The lowest BCUT2D eigenvalue weighted by Crippen LogP contribution is -1.70. The summed E-state index contributed by atoms with van der Waals surface area (Å²) < 4.78 is 0. The van der Waals surface area contributed by atoms with Gasteiger partial charge in [0.15, 0.2) is 0 Å². The van der Waals surface area contributed by atoms with Crippen molar-refractivity contribution in [2.24, 2.45) is 4.99 Å². The number of allylic oxidation sites excluding steroid dienone is 5. The third-order valence-electron chi connectivity index (χ3n) is 1.08. The Labute approximate surface area is 68.9 Å². The first-order chi connectivity index (χ1) is 5.35. The number of aliphatic imine (C=N–C) groups is 1. The summed E-state index contributed by atoms with van der Waals surface area (Å²) in [7, 11) is 0. The smallest absolute Gasteiger partial charge is 0.0622 e. The lowest BCUT2D eigenvalue weighted by atomic mass is 10.3. The molecule has 0 saturated carbocycles. The Kier molecular flexibility index (Phi) is 6.30. The monoisotopic (exact) mass is 149 g/mol. The zero-order valence-corrected chi connectivity index (χ0v) is 7.41. The molecule has 0 saturated heterocycles. The Morgan fingerprint density at radius 3 is 2.27 bits per heavy atom. The molecule has 0 aliphatic heterocycles. The summed E-state index contributed by atoms with van der Waals surface area (Å²) in [5.41, 5.74) is 0.980. The number of rotatable bonds is 3. The predicted molar refractivity (Wildman–Crippen MR) is 51.9 cm³/mol. The van der Waals surface area contributed by atoms with Crippen molar-refractivity contribution in [3.8, 4) is 0 Å². The second-order valence-corrected chi connectivity index (χ2v) is 2.00. The molecule has 0 heterocycles. The second kappa shape index (κ2) is 7.00. The molecule has 0 aromatic rings. The van der Waals surface area contributed by atoms with Crippen molar-refractivity contribution in [2.45, 2.75) is 20.8 Å². The molecule has 0 amide bonds. The highest BCUT2D eigenvalue weighted by molar-refractivity contribution is 5.56. The fraction of sp³-hybridized carbons (Fsp3) is 0.300. The van der Waals surface area contributed by atoms with E-state index >= 15 is 0 Å². The summed E-state index contributed by atoms with van der Waals surface area (Å²) in [5, 5.41) is 0. The van der Waals surface area contributed by atoms with Crippen LogP contribution in [0, 0.1) is 0 Å². The van der Waals surface area contributed by atoms with Crippen LogP contribution in [-0.4, -0.2) is 6.21 Å². The maximum atomic E-state index is 4.15. The molecule has 11 heavy (non-hydrogen) atoms. The fourth-order valence-corrected chi connectivity index (χ4v) is 0.656. The molecule has 0 radical (unpaired) electrons. The average Bonchev–Trinajstić information content (AvgIpc) is 2.01. The Hall–Kier alpha value is -1.11. The van der Waals surface area contributed by atoms with Gasteiger partial charge in [0.1, 0.15) is 0 Å². The molecular formula is C10H15N. The molecule has 0 fully saturated rings. The van der Waals surface area contributed by atoms with Gasteiger partial charge >= 0.3 is 0 Å². The zero-order valence-electron chi connectivity index (χ0n) is 7.41. The third-order valence-corrected chi connectivity index (χ3v) is 1.08. The van der Waals surface area contributed by atoms with Crippen molar-refractivity contribution in [3.63, 3.8) is 0 Å². The van der Waals surface area contributed by atoms with Crippen molar-refractivity contribution in [1.29, 1.82) is 0 Å². The van der Waals surface area contributed by atoms with E-state index in [-0.39, 0.29) is 0 Å². The van der Waals surface area contributed by atoms with E-state index in [4.69, 9.17) is 0 Å². The first-order valence-electron chi connectivity index (χ1n) is 3.79. The van der Waals surface area contributed by atoms with Crippen LogP contribution in [-0.2, 0) is 0 Å². The molecule has 1 heteroatoms. The molecule has 1 nitrogen and oxygen atoms in total. The van der Waals surface area contributed by atoms with E-state index in [1.165, 1.54) is 0 Å². The SMILES string of the molecule is CC=NC(/C=C\C)=C/C=C\C. The van der Waals surface area contributed by atoms with Crippen LogP contribution < -0.4 is 0 Å². The van der Waals surface area contributed by atoms with Crippen molar-refractivity contribution >= 4 is 6.21 Å². The third kappa shape index (κ3) is 5.34. The lowest BCUT2D eigenvalue weighted by Gasteiger charge is -1.88. The Morgan fingerprint density at radius 2 is 1.82 bits per heavy atom. The molecule has 0 N–H and O–H groups in total. The summed E-state index contributed by atoms with van der Waals surface area (Å²) in [5.74, 6) is 0. The van der Waals surface area contributed by atoms with Crippen LogP contribution in [0.25, 0.3) is 0 Å². The minimum atomic E-state index is 0.980. The van der Waals surface area contributed by atoms with E-state index in [0.717, 1.165) is 5.70 Å². The van der Waals surface area contributed by atoms with E-state index < -0.39 is 0 Å². The van der Waals surface area contributed by atoms with Crippen molar-refractivity contribution in [1.82, 2.24) is 0 Å². The molecule has 0 bridgehead atoms. The van der Waals surface area contributed by atoms with E-state index in [1.54, 1.807) is 6.21 Å². The van der Waals surface area contributed by atoms with Crippen LogP contribution in [0.2, 0.25) is 0 Å². The van der Waals surface area contributed by atoms with Gasteiger partial charge in [0.2, 0.25) is 0 Å². The zero-order chi connectivity index (χ0) is 8.53. The van der Waals surface area contributed by atoms with Crippen LogP contribution >= 0.6 is 0 Å². The van der Waals surface area contributed by atoms with Gasteiger partial charge in [-0.3, -0.25) is 4.99 Å². The van der Waals surface area contributed by atoms with Gasteiger partial charge in [-0.15, -0.1) is 0 Å². The summed E-state index contributed by atoms with van der Waals surface area (Å²) >= 11 is 0. The second-order valence-electron chi connectivity index (χ2n) is 2.00. The minimum Gasteiger partial charge on any atom is -0.262 e. The Balaban J connectivity index is 4.31. The van der Waals surface area contributed by atoms with Crippen LogP contribution in [0.4, 0.5) is 0 Å². The number of hydrogen-bond donors (Lipinski definition) is 0. The van der Waals surface area contributed by atoms with Gasteiger partial charge < -0.3 is 0 Å². The minimum absolute atomic E-state index is 0.980. The Bertz CT molecular complexity index is 181. The highest BCUT2D eigenvalue weighted by Gasteiger charge is 1.80. The van der Waals surface area contributed by atoms with Gasteiger partial charge in [0.25, 0.3) is 0 Å². The van der Waals surface area contributed by atoms with Gasteiger partial charge in [0, 0.05) is 6.21 Å². The number of nitrogens with zero attached hydrogens (tertiary/aromatic N) is 1. The van der Waals surface area contributed by atoms with Gasteiger partial charge in [-0.05, 0) is 32.9 Å². The predicted octanol–water partition coefficient (Wildman–Crippen LogP) is 3.11. The van der Waals surface area contributed by atoms with Crippen LogP contribution in [0.5, 0.6) is 0 Å². The van der Waals surface area contributed by atoms with Gasteiger partial charge in [-0.25, -0.2) is 0 Å².